The van der Waals surface area contributed by atoms with Crippen molar-refractivity contribution in [3.63, 3.8) is 0 Å². The van der Waals surface area contributed by atoms with Crippen molar-refractivity contribution in [1.82, 2.24) is 9.97 Å². The van der Waals surface area contributed by atoms with Crippen LogP contribution in [0, 0.1) is 0 Å². The molecule has 1 saturated heterocycles. The van der Waals surface area contributed by atoms with Crippen LogP contribution in [0.1, 0.15) is 39.2 Å². The smallest absolute Gasteiger partial charge is 0.225 e. The van der Waals surface area contributed by atoms with Gasteiger partial charge in [-0.2, -0.15) is 11.8 Å². The maximum absolute atomic E-state index is 5.97. The van der Waals surface area contributed by atoms with Crippen molar-refractivity contribution in [2.24, 2.45) is 5.73 Å². The Morgan fingerprint density at radius 2 is 2.05 bits per heavy atom. The van der Waals surface area contributed by atoms with Gasteiger partial charge in [0.15, 0.2) is 0 Å². The molecule has 1 aliphatic rings. The molecule has 2 N–H and O–H groups in total. The number of hydrogen-bond acceptors (Lipinski definition) is 5. The first kappa shape index (κ1) is 15.6. The number of nitrogens with zero attached hydrogens (tertiary/aromatic N) is 3. The zero-order valence-corrected chi connectivity index (χ0v) is 13.6. The van der Waals surface area contributed by atoms with Crippen LogP contribution in [0.15, 0.2) is 12.4 Å². The maximum Gasteiger partial charge on any atom is 0.225 e. The summed E-state index contributed by atoms with van der Waals surface area (Å²) >= 11 is 2.04. The summed E-state index contributed by atoms with van der Waals surface area (Å²) in [4.78, 5) is 11.4. The average molecular weight is 294 g/mol. The average Bonchev–Trinajstić information content (AvgIpc) is 2.60. The van der Waals surface area contributed by atoms with Crippen LogP contribution in [0.5, 0.6) is 0 Å². The number of hydrogen-bond donors (Lipinski definition) is 1. The molecule has 2 heterocycles. The summed E-state index contributed by atoms with van der Waals surface area (Å²) in [5.41, 5.74) is 7.10. The summed E-state index contributed by atoms with van der Waals surface area (Å²) in [5.74, 6) is 2.00. The van der Waals surface area contributed by atoms with Crippen LogP contribution in [0.2, 0.25) is 0 Å². The molecule has 1 atom stereocenters. The molecular formula is C15H26N4S. The number of anilines is 1. The molecule has 0 aliphatic carbocycles. The zero-order chi connectivity index (χ0) is 14.6. The van der Waals surface area contributed by atoms with E-state index in [1.807, 2.05) is 24.2 Å². The molecule has 0 spiro atoms. The van der Waals surface area contributed by atoms with E-state index in [1.165, 1.54) is 6.42 Å². The lowest BCUT2D eigenvalue weighted by molar-refractivity contribution is 0.628. The molecule has 1 aliphatic heterocycles. The lowest BCUT2D eigenvalue weighted by Gasteiger charge is -2.22. The van der Waals surface area contributed by atoms with E-state index in [2.05, 4.69) is 35.6 Å². The highest BCUT2D eigenvalue weighted by Crippen LogP contribution is 2.31. The Kier molecular flexibility index (Phi) is 5.27. The quantitative estimate of drug-likeness (QED) is 0.924. The van der Waals surface area contributed by atoms with Crippen LogP contribution in [0.3, 0.4) is 0 Å². The monoisotopic (exact) mass is 294 g/mol. The Bertz CT molecular complexity index is 418. The van der Waals surface area contributed by atoms with Crippen LogP contribution < -0.4 is 10.6 Å². The van der Waals surface area contributed by atoms with Crippen LogP contribution in [0.25, 0.3) is 0 Å². The molecule has 20 heavy (non-hydrogen) atoms. The number of nitrogens with two attached hydrogens (primary N) is 1. The molecule has 0 amide bonds. The van der Waals surface area contributed by atoms with E-state index in [4.69, 9.17) is 5.73 Å². The van der Waals surface area contributed by atoms with Gasteiger partial charge >= 0.3 is 0 Å². The third-order valence-corrected chi connectivity index (χ3v) is 5.21. The van der Waals surface area contributed by atoms with Gasteiger partial charge in [-0.15, -0.1) is 0 Å². The highest BCUT2D eigenvalue weighted by atomic mass is 32.2. The summed E-state index contributed by atoms with van der Waals surface area (Å²) in [5, 5.41) is 0. The molecule has 2 rings (SSSR count). The van der Waals surface area contributed by atoms with Crippen molar-refractivity contribution in [2.45, 2.75) is 50.8 Å². The molecule has 1 unspecified atom stereocenters. The van der Waals surface area contributed by atoms with Crippen LogP contribution in [-0.2, 0) is 6.42 Å². The summed E-state index contributed by atoms with van der Waals surface area (Å²) in [7, 11) is 0. The van der Waals surface area contributed by atoms with E-state index in [9.17, 15) is 0 Å². The highest BCUT2D eigenvalue weighted by molar-refractivity contribution is 8.00. The molecule has 0 bridgehead atoms. The first-order valence-corrected chi connectivity index (χ1v) is 8.44. The fourth-order valence-electron chi connectivity index (χ4n) is 2.28. The Labute approximate surface area is 126 Å². The molecule has 0 aromatic carbocycles. The molecule has 4 nitrogen and oxygen atoms in total. The number of thioether (sulfide) groups is 1. The third-order valence-electron chi connectivity index (χ3n) is 3.83. The van der Waals surface area contributed by atoms with Gasteiger partial charge < -0.3 is 10.6 Å². The minimum Gasteiger partial charge on any atom is -0.340 e. The second-order valence-corrected chi connectivity index (χ2v) is 7.91. The predicted octanol–water partition coefficient (Wildman–Crippen LogP) is 2.48. The Hall–Kier alpha value is -0.810. The lowest BCUT2D eigenvalue weighted by atomic mass is 10.1. The van der Waals surface area contributed by atoms with Crippen molar-refractivity contribution in [3.05, 3.63) is 18.0 Å². The Morgan fingerprint density at radius 1 is 1.35 bits per heavy atom. The summed E-state index contributed by atoms with van der Waals surface area (Å²) in [6, 6.07) is 0.208. The standard InChI is InChI=1S/C15H26N4S/c1-4-13(16)9-12-10-17-14(18-11-12)19-6-5-15(2,3)20-8-7-19/h10-11,13H,4-9,16H2,1-3H3. The maximum atomic E-state index is 5.97. The van der Waals surface area contributed by atoms with E-state index in [0.717, 1.165) is 43.2 Å². The Morgan fingerprint density at radius 3 is 2.70 bits per heavy atom. The largest absolute Gasteiger partial charge is 0.340 e. The third kappa shape index (κ3) is 4.35. The van der Waals surface area contributed by atoms with Crippen molar-refractivity contribution < 1.29 is 0 Å². The first-order valence-electron chi connectivity index (χ1n) is 7.45. The van der Waals surface area contributed by atoms with Crippen molar-refractivity contribution in [2.75, 3.05) is 23.7 Å². The van der Waals surface area contributed by atoms with Gasteiger partial charge in [0.05, 0.1) is 0 Å². The van der Waals surface area contributed by atoms with Gasteiger partial charge in [0, 0.05) is 42.0 Å². The number of aromatic nitrogens is 2. The van der Waals surface area contributed by atoms with E-state index in [1.54, 1.807) is 0 Å². The van der Waals surface area contributed by atoms with Gasteiger partial charge in [-0.1, -0.05) is 20.8 Å². The summed E-state index contributed by atoms with van der Waals surface area (Å²) in [6.45, 7) is 8.81. The van der Waals surface area contributed by atoms with Crippen LogP contribution >= 0.6 is 11.8 Å². The fraction of sp³-hybridized carbons (Fsp3) is 0.733. The summed E-state index contributed by atoms with van der Waals surface area (Å²) in [6.07, 6.45) is 6.88. The van der Waals surface area contributed by atoms with Gasteiger partial charge in [-0.25, -0.2) is 9.97 Å². The minimum atomic E-state index is 0.208. The highest BCUT2D eigenvalue weighted by Gasteiger charge is 2.24. The number of rotatable bonds is 4. The topological polar surface area (TPSA) is 55.0 Å². The molecule has 0 saturated carbocycles. The minimum absolute atomic E-state index is 0.208. The zero-order valence-electron chi connectivity index (χ0n) is 12.8. The first-order chi connectivity index (χ1) is 9.50. The second-order valence-electron chi connectivity index (χ2n) is 6.11. The van der Waals surface area contributed by atoms with Gasteiger partial charge in [0.2, 0.25) is 5.95 Å². The van der Waals surface area contributed by atoms with Crippen LogP contribution in [-0.4, -0.2) is 39.6 Å². The Balaban J connectivity index is 1.99. The van der Waals surface area contributed by atoms with Crippen molar-refractivity contribution in [3.8, 4) is 0 Å². The van der Waals surface area contributed by atoms with Crippen molar-refractivity contribution in [1.29, 1.82) is 0 Å². The van der Waals surface area contributed by atoms with E-state index >= 15 is 0 Å². The van der Waals surface area contributed by atoms with Gasteiger partial charge in [-0.05, 0) is 24.8 Å². The van der Waals surface area contributed by atoms with E-state index in [0.29, 0.717) is 4.75 Å². The molecule has 0 radical (unpaired) electrons. The van der Waals surface area contributed by atoms with Gasteiger partial charge in [0.1, 0.15) is 0 Å². The van der Waals surface area contributed by atoms with E-state index in [-0.39, 0.29) is 6.04 Å². The van der Waals surface area contributed by atoms with E-state index < -0.39 is 0 Å². The molecule has 1 aromatic heterocycles. The van der Waals surface area contributed by atoms with Gasteiger partial charge in [-0.3, -0.25) is 0 Å². The fourth-order valence-corrected chi connectivity index (χ4v) is 3.38. The molecular weight excluding hydrogens is 268 g/mol. The second kappa shape index (κ2) is 6.76. The van der Waals surface area contributed by atoms with Crippen molar-refractivity contribution >= 4 is 17.7 Å². The van der Waals surface area contributed by atoms with Crippen LogP contribution in [0.4, 0.5) is 5.95 Å². The normalized spacial score (nSPS) is 20.5. The lowest BCUT2D eigenvalue weighted by Crippen LogP contribution is -2.28. The van der Waals surface area contributed by atoms with Gasteiger partial charge in [0.25, 0.3) is 0 Å². The molecule has 112 valence electrons. The predicted molar refractivity (Wildman–Crippen MR) is 87.4 cm³/mol. The molecule has 5 heteroatoms. The summed E-state index contributed by atoms with van der Waals surface area (Å²) < 4.78 is 0.364. The molecule has 1 aromatic rings. The molecule has 1 fully saturated rings. The SMILES string of the molecule is CCC(N)Cc1cnc(N2CCSC(C)(C)CC2)nc1.